The molecule has 0 bridgehead atoms. The van der Waals surface area contributed by atoms with Crippen LogP contribution in [0.2, 0.25) is 5.02 Å². The number of hydrogen-bond donors (Lipinski definition) is 1. The summed E-state index contributed by atoms with van der Waals surface area (Å²) in [7, 11) is 0. The van der Waals surface area contributed by atoms with Gasteiger partial charge in [0.1, 0.15) is 11.5 Å². The summed E-state index contributed by atoms with van der Waals surface area (Å²) in [4.78, 5) is 0. The Balaban J connectivity index is 2.31. The van der Waals surface area contributed by atoms with Gasteiger partial charge in [0, 0.05) is 10.6 Å². The molecule has 1 N–H and O–H groups in total. The molecule has 5 nitrogen and oxygen atoms in total. The van der Waals surface area contributed by atoms with E-state index in [4.69, 9.17) is 11.6 Å². The molecular weight excluding hydrogens is 269 g/mol. The van der Waals surface area contributed by atoms with Gasteiger partial charge in [-0.15, -0.1) is 5.10 Å². The largest absolute Gasteiger partial charge is 0.305 e. The molecule has 2 aromatic rings. The van der Waals surface area contributed by atoms with Gasteiger partial charge in [0.05, 0.1) is 6.54 Å². The summed E-state index contributed by atoms with van der Waals surface area (Å²) >= 11 is 5.87. The van der Waals surface area contributed by atoms with Crippen molar-refractivity contribution >= 4 is 11.6 Å². The van der Waals surface area contributed by atoms with E-state index in [-0.39, 0.29) is 11.2 Å². The molecular formula is C12H15ClFN5. The molecule has 0 saturated carbocycles. The lowest BCUT2D eigenvalue weighted by molar-refractivity contribution is 0.414. The van der Waals surface area contributed by atoms with Crippen molar-refractivity contribution in [2.75, 3.05) is 0 Å². The fraction of sp³-hybridized carbons (Fsp3) is 0.417. The van der Waals surface area contributed by atoms with Gasteiger partial charge in [0.2, 0.25) is 0 Å². The number of hydrogen-bond acceptors (Lipinski definition) is 4. The average Bonchev–Trinajstić information content (AvgIpc) is 2.77. The van der Waals surface area contributed by atoms with Gasteiger partial charge >= 0.3 is 0 Å². The first-order chi connectivity index (χ1) is 8.87. The third-order valence-corrected chi connectivity index (χ3v) is 2.68. The summed E-state index contributed by atoms with van der Waals surface area (Å²) in [5.41, 5.74) is 0.159. The third kappa shape index (κ3) is 3.48. The van der Waals surface area contributed by atoms with Crippen LogP contribution in [0.15, 0.2) is 18.2 Å². The highest BCUT2D eigenvalue weighted by molar-refractivity contribution is 6.30. The zero-order chi connectivity index (χ0) is 14.0. The molecule has 0 radical (unpaired) electrons. The van der Waals surface area contributed by atoms with Crippen LogP contribution in [-0.4, -0.2) is 25.7 Å². The second kappa shape index (κ2) is 5.22. The Bertz CT molecular complexity index is 576. The molecule has 1 aromatic heterocycles. The molecule has 0 saturated heterocycles. The van der Waals surface area contributed by atoms with Gasteiger partial charge in [-0.25, -0.2) is 4.39 Å². The van der Waals surface area contributed by atoms with Crippen molar-refractivity contribution in [2.24, 2.45) is 0 Å². The fourth-order valence-electron chi connectivity index (χ4n) is 1.50. The van der Waals surface area contributed by atoms with E-state index in [0.29, 0.717) is 17.4 Å². The van der Waals surface area contributed by atoms with Gasteiger partial charge in [0.25, 0.3) is 0 Å². The van der Waals surface area contributed by atoms with Gasteiger partial charge in [-0.3, -0.25) is 0 Å². The lowest BCUT2D eigenvalue weighted by Gasteiger charge is -2.19. The molecule has 0 aliphatic rings. The highest BCUT2D eigenvalue weighted by Crippen LogP contribution is 2.18. The summed E-state index contributed by atoms with van der Waals surface area (Å²) in [5, 5.41) is 15.0. The van der Waals surface area contributed by atoms with Crippen LogP contribution in [-0.2, 0) is 6.54 Å². The maximum atomic E-state index is 13.8. The summed E-state index contributed by atoms with van der Waals surface area (Å²) in [6, 6.07) is 4.27. The fourth-order valence-corrected chi connectivity index (χ4v) is 1.66. The van der Waals surface area contributed by atoms with Gasteiger partial charge in [0.15, 0.2) is 5.82 Å². The van der Waals surface area contributed by atoms with Crippen molar-refractivity contribution in [1.82, 2.24) is 25.5 Å². The first kappa shape index (κ1) is 13.9. The molecule has 0 spiro atoms. The van der Waals surface area contributed by atoms with Gasteiger partial charge in [-0.1, -0.05) is 11.6 Å². The van der Waals surface area contributed by atoms with Crippen LogP contribution in [0.25, 0.3) is 5.69 Å². The zero-order valence-corrected chi connectivity index (χ0v) is 11.7. The Morgan fingerprint density at radius 1 is 1.37 bits per heavy atom. The van der Waals surface area contributed by atoms with Crippen LogP contribution in [0.5, 0.6) is 0 Å². The number of nitrogens with one attached hydrogen (secondary N) is 1. The van der Waals surface area contributed by atoms with Crippen LogP contribution in [0.3, 0.4) is 0 Å². The average molecular weight is 284 g/mol. The lowest BCUT2D eigenvalue weighted by atomic mass is 10.1. The summed E-state index contributed by atoms with van der Waals surface area (Å²) < 4.78 is 15.1. The zero-order valence-electron chi connectivity index (χ0n) is 11.0. The SMILES string of the molecule is CC(C)(C)NCc1nnnn1-c1cc(Cl)ccc1F. The molecule has 19 heavy (non-hydrogen) atoms. The molecule has 0 atom stereocenters. The molecule has 2 rings (SSSR count). The minimum absolute atomic E-state index is 0.0797. The van der Waals surface area contributed by atoms with E-state index in [1.165, 1.54) is 22.9 Å². The maximum Gasteiger partial charge on any atom is 0.170 e. The Morgan fingerprint density at radius 2 is 2.11 bits per heavy atom. The van der Waals surface area contributed by atoms with Crippen molar-refractivity contribution < 1.29 is 4.39 Å². The van der Waals surface area contributed by atoms with Crippen LogP contribution in [0, 0.1) is 5.82 Å². The van der Waals surface area contributed by atoms with Crippen LogP contribution < -0.4 is 5.32 Å². The molecule has 1 heterocycles. The van der Waals surface area contributed by atoms with Crippen molar-refractivity contribution in [3.05, 3.63) is 34.9 Å². The normalized spacial score (nSPS) is 11.8. The smallest absolute Gasteiger partial charge is 0.170 e. The van der Waals surface area contributed by atoms with E-state index in [1.54, 1.807) is 0 Å². The van der Waals surface area contributed by atoms with Gasteiger partial charge < -0.3 is 5.32 Å². The standard InChI is InChI=1S/C12H15ClFN5/c1-12(2,3)15-7-11-16-17-18-19(11)10-6-8(13)4-5-9(10)14/h4-6,15H,7H2,1-3H3. The van der Waals surface area contributed by atoms with Crippen molar-refractivity contribution in [1.29, 1.82) is 0 Å². The Morgan fingerprint density at radius 3 is 2.79 bits per heavy atom. The van der Waals surface area contributed by atoms with E-state index in [2.05, 4.69) is 20.8 Å². The number of halogens is 2. The monoisotopic (exact) mass is 283 g/mol. The summed E-state index contributed by atoms with van der Waals surface area (Å²) in [5.74, 6) is 0.102. The number of aromatic nitrogens is 4. The molecule has 0 amide bonds. The van der Waals surface area contributed by atoms with Gasteiger partial charge in [-0.05, 0) is 49.4 Å². The van der Waals surface area contributed by atoms with Crippen molar-refractivity contribution in [3.8, 4) is 5.69 Å². The second-order valence-corrected chi connectivity index (χ2v) is 5.64. The molecule has 0 unspecified atom stereocenters. The summed E-state index contributed by atoms with van der Waals surface area (Å²) in [6.45, 7) is 6.52. The number of rotatable bonds is 3. The van der Waals surface area contributed by atoms with Crippen molar-refractivity contribution in [3.63, 3.8) is 0 Å². The van der Waals surface area contributed by atoms with Crippen LogP contribution in [0.4, 0.5) is 4.39 Å². The highest BCUT2D eigenvalue weighted by atomic mass is 35.5. The highest BCUT2D eigenvalue weighted by Gasteiger charge is 2.15. The Labute approximate surface area is 115 Å². The molecule has 7 heteroatoms. The van der Waals surface area contributed by atoms with Crippen LogP contribution in [0.1, 0.15) is 26.6 Å². The van der Waals surface area contributed by atoms with E-state index in [0.717, 1.165) is 0 Å². The van der Waals surface area contributed by atoms with Crippen molar-refractivity contribution in [2.45, 2.75) is 32.9 Å². The molecule has 0 aliphatic carbocycles. The number of nitrogens with zero attached hydrogens (tertiary/aromatic N) is 4. The maximum absolute atomic E-state index is 13.8. The minimum Gasteiger partial charge on any atom is -0.305 e. The molecule has 102 valence electrons. The number of tetrazole rings is 1. The van der Waals surface area contributed by atoms with E-state index < -0.39 is 5.82 Å². The van der Waals surface area contributed by atoms with Gasteiger partial charge in [-0.2, -0.15) is 4.68 Å². The molecule has 1 aromatic carbocycles. The quantitative estimate of drug-likeness (QED) is 0.939. The second-order valence-electron chi connectivity index (χ2n) is 5.21. The first-order valence-corrected chi connectivity index (χ1v) is 6.22. The lowest BCUT2D eigenvalue weighted by Crippen LogP contribution is -2.36. The predicted octanol–water partition coefficient (Wildman–Crippen LogP) is 2.34. The summed E-state index contributed by atoms with van der Waals surface area (Å²) in [6.07, 6.45) is 0. The number of benzene rings is 1. The van der Waals surface area contributed by atoms with E-state index >= 15 is 0 Å². The minimum atomic E-state index is -0.422. The van der Waals surface area contributed by atoms with Crippen LogP contribution >= 0.6 is 11.6 Å². The molecule has 0 aliphatic heterocycles. The van der Waals surface area contributed by atoms with E-state index in [1.807, 2.05) is 20.8 Å². The molecule has 0 fully saturated rings. The Kier molecular flexibility index (Phi) is 3.82. The third-order valence-electron chi connectivity index (χ3n) is 2.45. The Hall–Kier alpha value is -1.53. The topological polar surface area (TPSA) is 55.6 Å². The van der Waals surface area contributed by atoms with E-state index in [9.17, 15) is 4.39 Å². The predicted molar refractivity (Wildman–Crippen MR) is 70.7 cm³/mol. The first-order valence-electron chi connectivity index (χ1n) is 5.84.